The summed E-state index contributed by atoms with van der Waals surface area (Å²) in [6, 6.07) is 5.41. The largest absolute Gasteiger partial charge is 0.481 e. The predicted octanol–water partition coefficient (Wildman–Crippen LogP) is 2.35. The first-order valence-corrected chi connectivity index (χ1v) is 6.76. The SMILES string of the molecule is CCCC(C)(NC(=O)C(C)Oc1cccc(F)c1)C(=O)O. The highest BCUT2D eigenvalue weighted by Crippen LogP contribution is 2.16. The molecule has 6 heteroatoms. The first kappa shape index (κ1) is 16.9. The Morgan fingerprint density at radius 2 is 2.14 bits per heavy atom. The van der Waals surface area contributed by atoms with Gasteiger partial charge in [0.1, 0.15) is 17.1 Å². The van der Waals surface area contributed by atoms with Crippen molar-refractivity contribution in [2.24, 2.45) is 0 Å². The molecule has 2 atom stereocenters. The number of carbonyl (C=O) groups is 2. The molecule has 0 aromatic heterocycles. The number of aliphatic carboxylic acids is 1. The van der Waals surface area contributed by atoms with E-state index in [1.807, 2.05) is 6.92 Å². The molecular weight excluding hydrogens is 277 g/mol. The highest BCUT2D eigenvalue weighted by Gasteiger charge is 2.35. The van der Waals surface area contributed by atoms with Gasteiger partial charge in [-0.25, -0.2) is 9.18 Å². The summed E-state index contributed by atoms with van der Waals surface area (Å²) >= 11 is 0. The topological polar surface area (TPSA) is 75.6 Å². The highest BCUT2D eigenvalue weighted by atomic mass is 19.1. The fraction of sp³-hybridized carbons (Fsp3) is 0.467. The minimum Gasteiger partial charge on any atom is -0.481 e. The van der Waals surface area contributed by atoms with Crippen LogP contribution in [0.25, 0.3) is 0 Å². The first-order chi connectivity index (χ1) is 9.78. The van der Waals surface area contributed by atoms with Crippen LogP contribution in [0.3, 0.4) is 0 Å². The number of amides is 1. The first-order valence-electron chi connectivity index (χ1n) is 6.76. The lowest BCUT2D eigenvalue weighted by Crippen LogP contribution is -2.55. The number of halogens is 1. The van der Waals surface area contributed by atoms with E-state index in [1.165, 1.54) is 32.0 Å². The maximum absolute atomic E-state index is 13.0. The van der Waals surface area contributed by atoms with Gasteiger partial charge in [-0.2, -0.15) is 0 Å². The molecular formula is C15H20FNO4. The molecule has 0 aliphatic heterocycles. The molecule has 0 saturated carbocycles. The maximum Gasteiger partial charge on any atom is 0.329 e. The van der Waals surface area contributed by atoms with Crippen LogP contribution in [0.15, 0.2) is 24.3 Å². The summed E-state index contributed by atoms with van der Waals surface area (Å²) in [6.07, 6.45) is -0.00878. The molecule has 1 aromatic carbocycles. The van der Waals surface area contributed by atoms with Gasteiger partial charge in [0.05, 0.1) is 0 Å². The van der Waals surface area contributed by atoms with Gasteiger partial charge in [-0.1, -0.05) is 19.4 Å². The van der Waals surface area contributed by atoms with Crippen molar-refractivity contribution in [3.8, 4) is 5.75 Å². The second kappa shape index (κ2) is 7.06. The molecule has 1 rings (SSSR count). The van der Waals surface area contributed by atoms with Gasteiger partial charge >= 0.3 is 5.97 Å². The van der Waals surface area contributed by atoms with Crippen LogP contribution >= 0.6 is 0 Å². The summed E-state index contributed by atoms with van der Waals surface area (Å²) in [5.41, 5.74) is -1.34. The van der Waals surface area contributed by atoms with Crippen LogP contribution in [0, 0.1) is 5.82 Å². The molecule has 0 aliphatic rings. The summed E-state index contributed by atoms with van der Waals surface area (Å²) in [5.74, 6) is -1.92. The fourth-order valence-electron chi connectivity index (χ4n) is 1.89. The number of nitrogens with one attached hydrogen (secondary N) is 1. The Morgan fingerprint density at radius 1 is 1.48 bits per heavy atom. The zero-order valence-electron chi connectivity index (χ0n) is 12.4. The zero-order valence-corrected chi connectivity index (χ0v) is 12.4. The normalized spacial score (nSPS) is 14.9. The number of hydrogen-bond donors (Lipinski definition) is 2. The summed E-state index contributed by atoms with van der Waals surface area (Å²) in [7, 11) is 0. The van der Waals surface area contributed by atoms with Gasteiger partial charge in [0, 0.05) is 6.07 Å². The third kappa shape index (κ3) is 4.73. The molecule has 2 N–H and O–H groups in total. The Hall–Kier alpha value is -2.11. The van der Waals surface area contributed by atoms with Gasteiger partial charge in [0.25, 0.3) is 5.91 Å². The molecule has 0 fully saturated rings. The smallest absolute Gasteiger partial charge is 0.329 e. The maximum atomic E-state index is 13.0. The van der Waals surface area contributed by atoms with Gasteiger partial charge in [0.15, 0.2) is 6.10 Å². The van der Waals surface area contributed by atoms with E-state index in [1.54, 1.807) is 0 Å². The van der Waals surface area contributed by atoms with E-state index in [0.29, 0.717) is 12.8 Å². The highest BCUT2D eigenvalue weighted by molar-refractivity contribution is 5.88. The van der Waals surface area contributed by atoms with E-state index in [2.05, 4.69) is 5.32 Å². The lowest BCUT2D eigenvalue weighted by Gasteiger charge is -2.27. The van der Waals surface area contributed by atoms with E-state index in [0.717, 1.165) is 6.07 Å². The van der Waals surface area contributed by atoms with Gasteiger partial charge in [-0.05, 0) is 32.4 Å². The summed E-state index contributed by atoms with van der Waals surface area (Å²) in [6.45, 7) is 4.76. The summed E-state index contributed by atoms with van der Waals surface area (Å²) in [5, 5.41) is 11.7. The number of ether oxygens (including phenoxy) is 1. The number of carboxylic acids is 1. The number of benzene rings is 1. The number of rotatable bonds is 7. The fourth-order valence-corrected chi connectivity index (χ4v) is 1.89. The molecule has 0 bridgehead atoms. The van der Waals surface area contributed by atoms with E-state index in [9.17, 15) is 19.1 Å². The molecule has 1 aromatic rings. The Balaban J connectivity index is 2.72. The van der Waals surface area contributed by atoms with E-state index in [-0.39, 0.29) is 5.75 Å². The van der Waals surface area contributed by atoms with Crippen molar-refractivity contribution in [3.05, 3.63) is 30.1 Å². The van der Waals surface area contributed by atoms with Crippen molar-refractivity contribution in [2.45, 2.75) is 45.3 Å². The molecule has 116 valence electrons. The molecule has 0 saturated heterocycles. The van der Waals surface area contributed by atoms with Gasteiger partial charge in [0.2, 0.25) is 0 Å². The average molecular weight is 297 g/mol. The van der Waals surface area contributed by atoms with Crippen molar-refractivity contribution >= 4 is 11.9 Å². The quantitative estimate of drug-likeness (QED) is 0.810. The van der Waals surface area contributed by atoms with E-state index >= 15 is 0 Å². The van der Waals surface area contributed by atoms with Crippen molar-refractivity contribution in [1.29, 1.82) is 0 Å². The molecule has 0 heterocycles. The number of carbonyl (C=O) groups excluding carboxylic acids is 1. The van der Waals surface area contributed by atoms with E-state index < -0.39 is 29.3 Å². The van der Waals surface area contributed by atoms with E-state index in [4.69, 9.17) is 4.74 Å². The minimum atomic E-state index is -1.34. The second-order valence-corrected chi connectivity index (χ2v) is 5.09. The third-order valence-corrected chi connectivity index (χ3v) is 3.10. The zero-order chi connectivity index (χ0) is 16.0. The molecule has 0 aliphatic carbocycles. The summed E-state index contributed by atoms with van der Waals surface area (Å²) < 4.78 is 18.4. The Kier molecular flexibility index (Phi) is 5.69. The van der Waals surface area contributed by atoms with Crippen molar-refractivity contribution in [1.82, 2.24) is 5.32 Å². The van der Waals surface area contributed by atoms with Crippen LogP contribution in [0.4, 0.5) is 4.39 Å². The van der Waals surface area contributed by atoms with Gasteiger partial charge in [-0.15, -0.1) is 0 Å². The second-order valence-electron chi connectivity index (χ2n) is 5.09. The van der Waals surface area contributed by atoms with Crippen LogP contribution in [-0.2, 0) is 9.59 Å². The number of hydrogen-bond acceptors (Lipinski definition) is 3. The standard InChI is InChI=1S/C15H20FNO4/c1-4-8-15(3,14(19)20)17-13(18)10(2)21-12-7-5-6-11(16)9-12/h5-7,9-10H,4,8H2,1-3H3,(H,17,18)(H,19,20). The lowest BCUT2D eigenvalue weighted by molar-refractivity contribution is -0.148. The van der Waals surface area contributed by atoms with Crippen molar-refractivity contribution in [2.75, 3.05) is 0 Å². The Labute approximate surface area is 123 Å². The van der Waals surface area contributed by atoms with Crippen molar-refractivity contribution < 1.29 is 23.8 Å². The minimum absolute atomic E-state index is 0.213. The monoisotopic (exact) mass is 297 g/mol. The number of carboxylic acid groups (broad SMARTS) is 1. The molecule has 0 spiro atoms. The average Bonchev–Trinajstić information content (AvgIpc) is 2.38. The molecule has 1 amide bonds. The lowest BCUT2D eigenvalue weighted by atomic mass is 9.96. The molecule has 5 nitrogen and oxygen atoms in total. The predicted molar refractivity (Wildman–Crippen MR) is 75.6 cm³/mol. The van der Waals surface area contributed by atoms with Crippen LogP contribution < -0.4 is 10.1 Å². The third-order valence-electron chi connectivity index (χ3n) is 3.10. The molecule has 0 radical (unpaired) electrons. The Bertz CT molecular complexity index is 520. The van der Waals surface area contributed by atoms with Gasteiger partial charge in [-0.3, -0.25) is 4.79 Å². The molecule has 2 unspecified atom stereocenters. The summed E-state index contributed by atoms with van der Waals surface area (Å²) in [4.78, 5) is 23.3. The van der Waals surface area contributed by atoms with Crippen LogP contribution in [0.1, 0.15) is 33.6 Å². The molecule has 21 heavy (non-hydrogen) atoms. The van der Waals surface area contributed by atoms with Gasteiger partial charge < -0.3 is 15.2 Å². The Morgan fingerprint density at radius 3 is 2.67 bits per heavy atom. The van der Waals surface area contributed by atoms with Crippen LogP contribution in [0.5, 0.6) is 5.75 Å². The van der Waals surface area contributed by atoms with Crippen LogP contribution in [-0.4, -0.2) is 28.6 Å². The van der Waals surface area contributed by atoms with Crippen molar-refractivity contribution in [3.63, 3.8) is 0 Å². The van der Waals surface area contributed by atoms with Crippen LogP contribution in [0.2, 0.25) is 0 Å².